The molecule has 0 radical (unpaired) electrons. The SMILES string of the molecule is FC(F)(F)c1cc(C(F)(F)F)c2nc3nc4ccccc4nc3nc2c1. The predicted molar refractivity (Wildman–Crippen MR) is 80.1 cm³/mol. The van der Waals surface area contributed by atoms with Crippen molar-refractivity contribution in [2.24, 2.45) is 0 Å². The summed E-state index contributed by atoms with van der Waals surface area (Å²) in [6, 6.07) is 7.06. The molecule has 0 fully saturated rings. The van der Waals surface area contributed by atoms with Gasteiger partial charge in [-0.05, 0) is 24.3 Å². The van der Waals surface area contributed by atoms with Crippen LogP contribution in [0.1, 0.15) is 11.1 Å². The van der Waals surface area contributed by atoms with E-state index in [1.54, 1.807) is 24.3 Å². The molecular weight excluding hydrogens is 362 g/mol. The van der Waals surface area contributed by atoms with Gasteiger partial charge in [-0.2, -0.15) is 26.3 Å². The first-order chi connectivity index (χ1) is 12.1. The lowest BCUT2D eigenvalue weighted by Gasteiger charge is -2.14. The Morgan fingerprint density at radius 2 is 1.15 bits per heavy atom. The monoisotopic (exact) mass is 368 g/mol. The molecule has 2 aromatic carbocycles. The van der Waals surface area contributed by atoms with Crippen LogP contribution in [0.5, 0.6) is 0 Å². The van der Waals surface area contributed by atoms with E-state index >= 15 is 0 Å². The zero-order valence-electron chi connectivity index (χ0n) is 12.5. The molecule has 0 aliphatic heterocycles. The zero-order valence-corrected chi connectivity index (χ0v) is 12.5. The zero-order chi connectivity index (χ0) is 18.7. The topological polar surface area (TPSA) is 51.6 Å². The van der Waals surface area contributed by atoms with E-state index in [9.17, 15) is 26.3 Å². The van der Waals surface area contributed by atoms with Crippen LogP contribution in [0.2, 0.25) is 0 Å². The van der Waals surface area contributed by atoms with Gasteiger partial charge < -0.3 is 0 Å². The average Bonchev–Trinajstić information content (AvgIpc) is 2.55. The molecule has 0 aliphatic carbocycles. The van der Waals surface area contributed by atoms with Crippen LogP contribution in [-0.4, -0.2) is 19.9 Å². The highest BCUT2D eigenvalue weighted by Crippen LogP contribution is 2.39. The van der Waals surface area contributed by atoms with Gasteiger partial charge in [0.25, 0.3) is 0 Å². The van der Waals surface area contributed by atoms with Crippen LogP contribution >= 0.6 is 0 Å². The first kappa shape index (κ1) is 16.4. The Bertz CT molecular complexity index is 1170. The quantitative estimate of drug-likeness (QED) is 0.332. The second-order valence-corrected chi connectivity index (χ2v) is 5.47. The fourth-order valence-corrected chi connectivity index (χ4v) is 2.55. The van der Waals surface area contributed by atoms with Gasteiger partial charge in [-0.15, -0.1) is 0 Å². The molecule has 26 heavy (non-hydrogen) atoms. The van der Waals surface area contributed by atoms with Gasteiger partial charge in [-0.25, -0.2) is 19.9 Å². The summed E-state index contributed by atoms with van der Waals surface area (Å²) in [5.41, 5.74) is -3.77. The maximum atomic E-state index is 13.3. The third-order valence-corrected chi connectivity index (χ3v) is 3.70. The van der Waals surface area contributed by atoms with Crippen LogP contribution in [0.15, 0.2) is 36.4 Å². The Morgan fingerprint density at radius 1 is 0.615 bits per heavy atom. The van der Waals surface area contributed by atoms with Gasteiger partial charge in [0.2, 0.25) is 0 Å². The predicted octanol–water partition coefficient (Wildman–Crippen LogP) is 4.76. The van der Waals surface area contributed by atoms with E-state index in [1.165, 1.54) is 0 Å². The molecule has 0 atom stereocenters. The Hall–Kier alpha value is -3.04. The van der Waals surface area contributed by atoms with Crippen LogP contribution in [0.25, 0.3) is 33.4 Å². The van der Waals surface area contributed by atoms with Gasteiger partial charge in [0.1, 0.15) is 5.52 Å². The Balaban J connectivity index is 2.13. The number of fused-ring (bicyclic) bond motifs is 3. The van der Waals surface area contributed by atoms with E-state index < -0.39 is 34.5 Å². The second-order valence-electron chi connectivity index (χ2n) is 5.47. The van der Waals surface area contributed by atoms with Crippen LogP contribution in [0.4, 0.5) is 26.3 Å². The number of alkyl halides is 6. The molecule has 4 aromatic rings. The lowest BCUT2D eigenvalue weighted by Crippen LogP contribution is -2.12. The smallest absolute Gasteiger partial charge is 0.224 e. The minimum atomic E-state index is -5.04. The number of aromatic nitrogens is 4. The standard InChI is InChI=1S/C16H6F6N4/c17-15(18,19)7-5-8(16(20,21)22)12-11(6-7)25-13-14(26-12)24-10-4-2-1-3-9(10)23-13/h1-6H. The van der Waals surface area contributed by atoms with Gasteiger partial charge in [0.15, 0.2) is 11.3 Å². The van der Waals surface area contributed by atoms with Gasteiger partial charge in [0.05, 0.1) is 27.7 Å². The molecule has 0 N–H and O–H groups in total. The fraction of sp³-hybridized carbons (Fsp3) is 0.125. The number of benzene rings is 2. The van der Waals surface area contributed by atoms with Crippen molar-refractivity contribution >= 4 is 33.4 Å². The average molecular weight is 368 g/mol. The van der Waals surface area contributed by atoms with Crippen molar-refractivity contribution in [3.05, 3.63) is 47.5 Å². The van der Waals surface area contributed by atoms with Gasteiger partial charge in [-0.1, -0.05) is 12.1 Å². The van der Waals surface area contributed by atoms with Crippen molar-refractivity contribution < 1.29 is 26.3 Å². The summed E-state index contributed by atoms with van der Waals surface area (Å²) in [5, 5.41) is 0. The van der Waals surface area contributed by atoms with Crippen LogP contribution in [-0.2, 0) is 12.4 Å². The molecule has 0 bridgehead atoms. The molecule has 4 rings (SSSR count). The molecule has 132 valence electrons. The number of halogens is 6. The minimum absolute atomic E-state index is 0.0251. The molecule has 2 heterocycles. The van der Waals surface area contributed by atoms with E-state index in [0.29, 0.717) is 17.1 Å². The summed E-state index contributed by atoms with van der Waals surface area (Å²) in [4.78, 5) is 15.8. The van der Waals surface area contributed by atoms with Crippen molar-refractivity contribution in [3.8, 4) is 0 Å². The van der Waals surface area contributed by atoms with Crippen molar-refractivity contribution in [3.63, 3.8) is 0 Å². The van der Waals surface area contributed by atoms with Gasteiger partial charge in [-0.3, -0.25) is 0 Å². The third kappa shape index (κ3) is 2.67. The lowest BCUT2D eigenvalue weighted by atomic mass is 10.1. The van der Waals surface area contributed by atoms with E-state index in [-0.39, 0.29) is 17.4 Å². The molecule has 0 aliphatic rings. The summed E-state index contributed by atoms with van der Waals surface area (Å²) in [5.74, 6) is 0. The number of para-hydroxylation sites is 2. The molecule has 0 amide bonds. The minimum Gasteiger partial charge on any atom is -0.224 e. The number of rotatable bonds is 0. The summed E-state index contributed by atoms with van der Waals surface area (Å²) in [6.45, 7) is 0. The molecule has 0 saturated heterocycles. The fourth-order valence-electron chi connectivity index (χ4n) is 2.55. The van der Waals surface area contributed by atoms with Crippen molar-refractivity contribution in [2.45, 2.75) is 12.4 Å². The number of hydrogen-bond acceptors (Lipinski definition) is 4. The second kappa shape index (κ2) is 5.23. The summed E-state index contributed by atoms with van der Waals surface area (Å²) in [7, 11) is 0. The Kier molecular flexibility index (Phi) is 3.30. The third-order valence-electron chi connectivity index (χ3n) is 3.70. The molecule has 4 nitrogen and oxygen atoms in total. The lowest BCUT2D eigenvalue weighted by molar-refractivity contribution is -0.142. The van der Waals surface area contributed by atoms with Crippen molar-refractivity contribution in [2.75, 3.05) is 0 Å². The van der Waals surface area contributed by atoms with Crippen LogP contribution in [0.3, 0.4) is 0 Å². The molecule has 0 unspecified atom stereocenters. The molecule has 0 spiro atoms. The molecular formula is C16H6F6N4. The van der Waals surface area contributed by atoms with Crippen LogP contribution in [0, 0.1) is 0 Å². The van der Waals surface area contributed by atoms with Crippen molar-refractivity contribution in [1.82, 2.24) is 19.9 Å². The number of hydrogen-bond donors (Lipinski definition) is 0. The molecule has 2 aromatic heterocycles. The van der Waals surface area contributed by atoms with Crippen molar-refractivity contribution in [1.29, 1.82) is 0 Å². The highest BCUT2D eigenvalue weighted by molar-refractivity contribution is 5.89. The first-order valence-corrected chi connectivity index (χ1v) is 7.15. The Morgan fingerprint density at radius 3 is 1.69 bits per heavy atom. The van der Waals surface area contributed by atoms with E-state index in [4.69, 9.17) is 0 Å². The maximum Gasteiger partial charge on any atom is 0.418 e. The highest BCUT2D eigenvalue weighted by atomic mass is 19.4. The summed E-state index contributed by atoms with van der Waals surface area (Å²) < 4.78 is 78.7. The van der Waals surface area contributed by atoms with Gasteiger partial charge in [0, 0.05) is 0 Å². The molecule has 10 heteroatoms. The number of nitrogens with zero attached hydrogens (tertiary/aromatic N) is 4. The maximum absolute atomic E-state index is 13.3. The normalized spacial score (nSPS) is 13.0. The summed E-state index contributed by atoms with van der Waals surface area (Å²) in [6.07, 6.45) is -9.99. The highest BCUT2D eigenvalue weighted by Gasteiger charge is 2.39. The van der Waals surface area contributed by atoms with Gasteiger partial charge >= 0.3 is 12.4 Å². The first-order valence-electron chi connectivity index (χ1n) is 7.15. The molecule has 0 saturated carbocycles. The van der Waals surface area contributed by atoms with E-state index in [0.717, 1.165) is 0 Å². The van der Waals surface area contributed by atoms with E-state index in [1.807, 2.05) is 0 Å². The largest absolute Gasteiger partial charge is 0.418 e. The Labute approximate surface area is 140 Å². The van der Waals surface area contributed by atoms with E-state index in [2.05, 4.69) is 19.9 Å². The summed E-state index contributed by atoms with van der Waals surface area (Å²) >= 11 is 0. The van der Waals surface area contributed by atoms with Crippen LogP contribution < -0.4 is 0 Å².